The Morgan fingerprint density at radius 3 is 2.70 bits per heavy atom. The van der Waals surface area contributed by atoms with E-state index in [2.05, 4.69) is 23.7 Å². The second-order valence-corrected chi connectivity index (χ2v) is 7.10. The van der Waals surface area contributed by atoms with Crippen molar-refractivity contribution >= 4 is 5.69 Å². The summed E-state index contributed by atoms with van der Waals surface area (Å²) in [6.45, 7) is 5.30. The fourth-order valence-corrected chi connectivity index (χ4v) is 4.09. The molecule has 0 fully saturated rings. The van der Waals surface area contributed by atoms with Crippen LogP contribution in [0.2, 0.25) is 0 Å². The molecule has 1 aromatic heterocycles. The molecule has 0 bridgehead atoms. The van der Waals surface area contributed by atoms with Gasteiger partial charge in [0.05, 0.1) is 7.11 Å². The molecule has 2 heterocycles. The van der Waals surface area contributed by atoms with Crippen molar-refractivity contribution in [2.45, 2.75) is 58.4 Å². The molecule has 3 nitrogen and oxygen atoms in total. The molecule has 1 aliphatic heterocycles. The quantitative estimate of drug-likeness (QED) is 0.592. The Kier molecular flexibility index (Phi) is 6.30. The van der Waals surface area contributed by atoms with Crippen LogP contribution in [0.3, 0.4) is 0 Å². The first kappa shape index (κ1) is 19.6. The maximum atomic E-state index is 14.0. The zero-order valence-electron chi connectivity index (χ0n) is 16.3. The Morgan fingerprint density at radius 1 is 1.22 bits per heavy atom. The smallest absolute Gasteiger partial charge is 0.264 e. The largest absolute Gasteiger partial charge is 0.481 e. The second kappa shape index (κ2) is 8.68. The van der Waals surface area contributed by atoms with E-state index in [0.717, 1.165) is 55.5 Å². The summed E-state index contributed by atoms with van der Waals surface area (Å²) in [5, 5.41) is 0. The monoisotopic (exact) mass is 374 g/mol. The third kappa shape index (κ3) is 4.07. The van der Waals surface area contributed by atoms with Gasteiger partial charge in [0.15, 0.2) is 0 Å². The van der Waals surface area contributed by atoms with E-state index >= 15 is 0 Å². The summed E-state index contributed by atoms with van der Waals surface area (Å²) in [6, 6.07) is 7.57. The van der Waals surface area contributed by atoms with Gasteiger partial charge >= 0.3 is 0 Å². The fourth-order valence-electron chi connectivity index (χ4n) is 4.09. The molecule has 27 heavy (non-hydrogen) atoms. The first-order valence-corrected chi connectivity index (χ1v) is 9.81. The van der Waals surface area contributed by atoms with Crippen LogP contribution >= 0.6 is 0 Å². The lowest BCUT2D eigenvalue weighted by Crippen LogP contribution is -2.38. The normalized spacial score (nSPS) is 15.0. The summed E-state index contributed by atoms with van der Waals surface area (Å²) in [6.07, 6.45) is 4.27. The minimum Gasteiger partial charge on any atom is -0.481 e. The molecule has 0 saturated carbocycles. The predicted octanol–water partition coefficient (Wildman–Crippen LogP) is 6.03. The van der Waals surface area contributed by atoms with Gasteiger partial charge in [-0.1, -0.05) is 20.3 Å². The van der Waals surface area contributed by atoms with Crippen molar-refractivity contribution in [1.29, 1.82) is 0 Å². The van der Waals surface area contributed by atoms with E-state index in [4.69, 9.17) is 4.74 Å². The van der Waals surface area contributed by atoms with Crippen LogP contribution in [-0.2, 0) is 6.42 Å². The highest BCUT2D eigenvalue weighted by Gasteiger charge is 2.26. The van der Waals surface area contributed by atoms with Gasteiger partial charge in [-0.3, -0.25) is 0 Å². The predicted molar refractivity (Wildman–Crippen MR) is 106 cm³/mol. The Balaban J connectivity index is 2.10. The van der Waals surface area contributed by atoms with E-state index in [1.165, 1.54) is 7.11 Å². The number of benzene rings is 1. The van der Waals surface area contributed by atoms with Gasteiger partial charge in [0.25, 0.3) is 6.43 Å². The van der Waals surface area contributed by atoms with Gasteiger partial charge in [0.2, 0.25) is 5.88 Å². The maximum Gasteiger partial charge on any atom is 0.264 e. The number of hydrogen-bond acceptors (Lipinski definition) is 3. The average Bonchev–Trinajstić information content (AvgIpc) is 2.70. The first-order chi connectivity index (χ1) is 13.1. The van der Waals surface area contributed by atoms with Crippen LogP contribution in [0, 0.1) is 0 Å². The zero-order valence-corrected chi connectivity index (χ0v) is 16.3. The molecule has 0 spiro atoms. The summed E-state index contributed by atoms with van der Waals surface area (Å²) >= 11 is 0. The van der Waals surface area contributed by atoms with Crippen LogP contribution in [0.25, 0.3) is 11.1 Å². The highest BCUT2D eigenvalue weighted by atomic mass is 19.3. The maximum absolute atomic E-state index is 14.0. The van der Waals surface area contributed by atoms with Gasteiger partial charge in [-0.25, -0.2) is 13.8 Å². The van der Waals surface area contributed by atoms with Crippen LogP contribution in [0.5, 0.6) is 5.88 Å². The lowest BCUT2D eigenvalue weighted by atomic mass is 9.91. The van der Waals surface area contributed by atoms with Gasteiger partial charge < -0.3 is 9.64 Å². The van der Waals surface area contributed by atoms with Crippen molar-refractivity contribution in [2.75, 3.05) is 18.6 Å². The first-order valence-electron chi connectivity index (χ1n) is 9.81. The highest BCUT2D eigenvalue weighted by Crippen LogP contribution is 2.40. The number of anilines is 1. The Labute approximate surface area is 160 Å². The van der Waals surface area contributed by atoms with Crippen LogP contribution < -0.4 is 9.64 Å². The Morgan fingerprint density at radius 2 is 2.04 bits per heavy atom. The molecule has 0 radical (unpaired) electrons. The van der Waals surface area contributed by atoms with Crippen molar-refractivity contribution in [3.63, 3.8) is 0 Å². The molecule has 3 rings (SSSR count). The van der Waals surface area contributed by atoms with E-state index in [-0.39, 0.29) is 5.56 Å². The molecule has 0 aliphatic carbocycles. The number of rotatable bonds is 7. The number of halogens is 2. The van der Waals surface area contributed by atoms with Crippen molar-refractivity contribution in [3.05, 3.63) is 41.6 Å². The highest BCUT2D eigenvalue weighted by molar-refractivity contribution is 5.74. The zero-order chi connectivity index (χ0) is 19.4. The number of aryl methyl sites for hydroxylation is 1. The number of pyridine rings is 1. The molecule has 0 saturated heterocycles. The summed E-state index contributed by atoms with van der Waals surface area (Å²) in [4.78, 5) is 6.45. The number of alkyl halides is 2. The van der Waals surface area contributed by atoms with Gasteiger partial charge in [0.1, 0.15) is 0 Å². The number of aromatic nitrogens is 1. The molecule has 146 valence electrons. The summed E-state index contributed by atoms with van der Waals surface area (Å²) in [5.41, 5.74) is 3.53. The number of hydrogen-bond donors (Lipinski definition) is 0. The van der Waals surface area contributed by atoms with E-state index in [1.54, 1.807) is 24.4 Å². The van der Waals surface area contributed by atoms with E-state index in [1.807, 2.05) is 6.07 Å². The van der Waals surface area contributed by atoms with Gasteiger partial charge in [-0.2, -0.15) is 0 Å². The molecule has 2 aromatic rings. The lowest BCUT2D eigenvalue weighted by molar-refractivity contribution is 0.152. The molecule has 1 aromatic carbocycles. The molecule has 0 N–H and O–H groups in total. The summed E-state index contributed by atoms with van der Waals surface area (Å²) < 4.78 is 33.1. The van der Waals surface area contributed by atoms with Gasteiger partial charge in [0, 0.05) is 36.1 Å². The van der Waals surface area contributed by atoms with E-state index in [9.17, 15) is 8.78 Å². The lowest BCUT2D eigenvalue weighted by Gasteiger charge is -2.38. The van der Waals surface area contributed by atoms with Gasteiger partial charge in [-0.05, 0) is 60.6 Å². The average molecular weight is 374 g/mol. The van der Waals surface area contributed by atoms with Crippen LogP contribution in [0.15, 0.2) is 30.5 Å². The summed E-state index contributed by atoms with van der Waals surface area (Å²) in [7, 11) is 1.53. The number of ether oxygens (including phenoxy) is 1. The number of nitrogens with zero attached hydrogens (tertiary/aromatic N) is 2. The second-order valence-electron chi connectivity index (χ2n) is 7.10. The van der Waals surface area contributed by atoms with E-state index in [0.29, 0.717) is 17.5 Å². The third-order valence-electron chi connectivity index (χ3n) is 5.43. The number of fused-ring (bicyclic) bond motifs is 1. The Hall–Kier alpha value is -2.17. The molecule has 0 amide bonds. The molecular formula is C22H28F2N2O. The molecule has 1 unspecified atom stereocenters. The fraction of sp³-hybridized carbons (Fsp3) is 0.500. The minimum atomic E-state index is -2.53. The van der Waals surface area contributed by atoms with Crippen molar-refractivity contribution in [3.8, 4) is 17.0 Å². The topological polar surface area (TPSA) is 25.4 Å². The van der Waals surface area contributed by atoms with Crippen molar-refractivity contribution in [2.24, 2.45) is 0 Å². The van der Waals surface area contributed by atoms with Crippen molar-refractivity contribution in [1.82, 2.24) is 4.98 Å². The molecule has 1 atom stereocenters. The number of methoxy groups -OCH3 is 1. The van der Waals surface area contributed by atoms with Crippen LogP contribution in [-0.4, -0.2) is 24.7 Å². The van der Waals surface area contributed by atoms with Crippen LogP contribution in [0.4, 0.5) is 14.5 Å². The molecule has 5 heteroatoms. The minimum absolute atomic E-state index is 0.0836. The molecular weight excluding hydrogens is 346 g/mol. The van der Waals surface area contributed by atoms with Gasteiger partial charge in [-0.15, -0.1) is 0 Å². The Bertz CT molecular complexity index is 779. The third-order valence-corrected chi connectivity index (χ3v) is 5.43. The molecule has 1 aliphatic rings. The van der Waals surface area contributed by atoms with Crippen molar-refractivity contribution < 1.29 is 13.5 Å². The standard InChI is InChI=1S/C22H28F2N2O/c1-4-7-17(5-2)26-11-6-8-16-12-18(19(22(23)24)14-20(16)26)15-9-10-25-21(13-15)27-3/h9-10,12-14,17,22H,4-8,11H2,1-3H3. The van der Waals surface area contributed by atoms with E-state index < -0.39 is 6.43 Å². The van der Waals surface area contributed by atoms with Crippen LogP contribution in [0.1, 0.15) is 57.1 Å². The summed E-state index contributed by atoms with van der Waals surface area (Å²) in [5.74, 6) is 0.432. The SMILES string of the molecule is CCCC(CC)N1CCCc2cc(-c3ccnc(OC)c3)c(C(F)F)cc21.